The Morgan fingerprint density at radius 2 is 1.84 bits per heavy atom. The molecule has 4 N–H and O–H groups in total. The second-order valence-corrected chi connectivity index (χ2v) is 8.25. The van der Waals surface area contributed by atoms with Crippen molar-refractivity contribution in [2.24, 2.45) is 5.92 Å². The summed E-state index contributed by atoms with van der Waals surface area (Å²) in [5.41, 5.74) is 2.57. The Balaban J connectivity index is 1.32. The molecule has 1 heterocycles. The number of carbonyl (C=O) groups excluding carboxylic acids is 2. The van der Waals surface area contributed by atoms with Gasteiger partial charge < -0.3 is 21.3 Å². The molecular formula is C23H30N6O2. The first-order valence-corrected chi connectivity index (χ1v) is 11.1. The van der Waals surface area contributed by atoms with Gasteiger partial charge in [-0.05, 0) is 62.3 Å². The van der Waals surface area contributed by atoms with Crippen molar-refractivity contribution in [2.45, 2.75) is 44.4 Å². The maximum absolute atomic E-state index is 11.9. The Hall–Kier alpha value is -3.16. The van der Waals surface area contributed by atoms with Crippen molar-refractivity contribution < 1.29 is 9.59 Å². The fourth-order valence-electron chi connectivity index (χ4n) is 3.59. The smallest absolute Gasteiger partial charge is 0.251 e. The quantitative estimate of drug-likeness (QED) is 0.438. The van der Waals surface area contributed by atoms with Gasteiger partial charge in [-0.1, -0.05) is 6.42 Å². The Morgan fingerprint density at radius 1 is 1.06 bits per heavy atom. The summed E-state index contributed by atoms with van der Waals surface area (Å²) in [6.45, 7) is 1.41. The van der Waals surface area contributed by atoms with Crippen molar-refractivity contribution >= 4 is 29.3 Å². The minimum Gasteiger partial charge on any atom is -0.370 e. The van der Waals surface area contributed by atoms with Crippen LogP contribution in [-0.2, 0) is 4.79 Å². The van der Waals surface area contributed by atoms with Crippen LogP contribution in [-0.4, -0.2) is 41.9 Å². The van der Waals surface area contributed by atoms with E-state index in [1.54, 1.807) is 19.2 Å². The lowest BCUT2D eigenvalue weighted by Gasteiger charge is -2.24. The zero-order valence-electron chi connectivity index (χ0n) is 17.9. The van der Waals surface area contributed by atoms with Gasteiger partial charge in [0, 0.05) is 49.1 Å². The third-order valence-electron chi connectivity index (χ3n) is 5.89. The molecule has 0 radical (unpaired) electrons. The first-order valence-electron chi connectivity index (χ1n) is 11.1. The Morgan fingerprint density at radius 3 is 2.48 bits per heavy atom. The summed E-state index contributed by atoms with van der Waals surface area (Å²) in [7, 11) is 1.61. The van der Waals surface area contributed by atoms with Gasteiger partial charge in [-0.3, -0.25) is 9.59 Å². The van der Waals surface area contributed by atoms with Crippen LogP contribution in [0.25, 0.3) is 0 Å². The maximum atomic E-state index is 11.9. The summed E-state index contributed by atoms with van der Waals surface area (Å²) in [5.74, 6) is 2.20. The lowest BCUT2D eigenvalue weighted by Crippen LogP contribution is -2.35. The number of hydrogen-bond acceptors (Lipinski definition) is 6. The van der Waals surface area contributed by atoms with Gasteiger partial charge in [-0.15, -0.1) is 0 Å². The summed E-state index contributed by atoms with van der Waals surface area (Å²) in [6, 6.07) is 7.19. The summed E-state index contributed by atoms with van der Waals surface area (Å²) in [6.07, 6.45) is 8.31. The first kappa shape index (κ1) is 21.1. The van der Waals surface area contributed by atoms with Crippen LogP contribution in [0.3, 0.4) is 0 Å². The molecule has 0 saturated heterocycles. The number of rotatable bonds is 10. The van der Waals surface area contributed by atoms with Crippen LogP contribution in [0.2, 0.25) is 0 Å². The third-order valence-corrected chi connectivity index (χ3v) is 5.89. The van der Waals surface area contributed by atoms with Gasteiger partial charge in [0.15, 0.2) is 0 Å². The molecule has 4 rings (SSSR count). The standard InChI is InChI=1S/C23H30N6O2/c1-24-21(30)17-8-10-18(11-9-17)28-23-27-14-19(15-6-7-15)20(29-23)25-12-3-13-26-22(31)16-4-2-5-16/h8-11,14-16H,2-7,12-13H2,1H3,(H,24,30)(H,26,31)(H2,25,27,28,29). The van der Waals surface area contributed by atoms with E-state index in [-0.39, 0.29) is 17.7 Å². The number of carbonyl (C=O) groups is 2. The number of nitrogens with one attached hydrogen (secondary N) is 4. The molecule has 2 saturated carbocycles. The molecule has 2 amide bonds. The lowest BCUT2D eigenvalue weighted by atomic mass is 9.85. The summed E-state index contributed by atoms with van der Waals surface area (Å²) in [5, 5.41) is 12.3. The molecule has 31 heavy (non-hydrogen) atoms. The summed E-state index contributed by atoms with van der Waals surface area (Å²) < 4.78 is 0. The number of anilines is 3. The predicted molar refractivity (Wildman–Crippen MR) is 121 cm³/mol. The average Bonchev–Trinajstić information content (AvgIpc) is 3.57. The fourth-order valence-corrected chi connectivity index (χ4v) is 3.59. The molecule has 164 valence electrons. The van der Waals surface area contributed by atoms with Gasteiger partial charge in [0.25, 0.3) is 5.91 Å². The van der Waals surface area contributed by atoms with Crippen LogP contribution in [0.15, 0.2) is 30.5 Å². The lowest BCUT2D eigenvalue weighted by molar-refractivity contribution is -0.127. The second kappa shape index (κ2) is 9.76. The highest BCUT2D eigenvalue weighted by atomic mass is 16.2. The minimum absolute atomic E-state index is 0.119. The van der Waals surface area contributed by atoms with E-state index in [2.05, 4.69) is 31.2 Å². The molecule has 0 aliphatic heterocycles. The second-order valence-electron chi connectivity index (χ2n) is 8.25. The van der Waals surface area contributed by atoms with Crippen molar-refractivity contribution in [3.05, 3.63) is 41.6 Å². The molecule has 0 spiro atoms. The van der Waals surface area contributed by atoms with Crippen LogP contribution in [0.4, 0.5) is 17.5 Å². The zero-order chi connectivity index (χ0) is 21.6. The Bertz CT molecular complexity index is 922. The predicted octanol–water partition coefficient (Wildman–Crippen LogP) is 3.18. The summed E-state index contributed by atoms with van der Waals surface area (Å²) >= 11 is 0. The molecule has 8 heteroatoms. The topological polar surface area (TPSA) is 108 Å². The van der Waals surface area contributed by atoms with E-state index >= 15 is 0 Å². The number of nitrogens with zero attached hydrogens (tertiary/aromatic N) is 2. The Labute approximate surface area is 182 Å². The van der Waals surface area contributed by atoms with Crippen molar-refractivity contribution in [3.63, 3.8) is 0 Å². The molecule has 0 atom stereocenters. The van der Waals surface area contributed by atoms with Gasteiger partial charge in [-0.25, -0.2) is 4.98 Å². The van der Waals surface area contributed by atoms with Gasteiger partial charge in [0.1, 0.15) is 5.82 Å². The van der Waals surface area contributed by atoms with Gasteiger partial charge in [0.2, 0.25) is 11.9 Å². The number of hydrogen-bond donors (Lipinski definition) is 4. The van der Waals surface area contributed by atoms with E-state index in [0.717, 1.165) is 42.9 Å². The zero-order valence-corrected chi connectivity index (χ0v) is 17.9. The first-order chi connectivity index (χ1) is 15.1. The SMILES string of the molecule is CNC(=O)c1ccc(Nc2ncc(C3CC3)c(NCCCNC(=O)C3CCC3)n2)cc1. The van der Waals surface area contributed by atoms with Crippen LogP contribution >= 0.6 is 0 Å². The van der Waals surface area contributed by atoms with Crippen molar-refractivity contribution in [2.75, 3.05) is 30.8 Å². The molecule has 0 unspecified atom stereocenters. The van der Waals surface area contributed by atoms with E-state index < -0.39 is 0 Å². The van der Waals surface area contributed by atoms with Crippen LogP contribution in [0.1, 0.15) is 60.4 Å². The molecular weight excluding hydrogens is 392 g/mol. The van der Waals surface area contributed by atoms with Gasteiger partial charge in [0.05, 0.1) is 0 Å². The van der Waals surface area contributed by atoms with Crippen LogP contribution in [0.5, 0.6) is 0 Å². The molecule has 1 aromatic carbocycles. The van der Waals surface area contributed by atoms with Crippen molar-refractivity contribution in [1.29, 1.82) is 0 Å². The van der Waals surface area contributed by atoms with E-state index in [1.165, 1.54) is 19.3 Å². The van der Waals surface area contributed by atoms with E-state index in [0.29, 0.717) is 24.0 Å². The highest BCUT2D eigenvalue weighted by Gasteiger charge is 2.28. The van der Waals surface area contributed by atoms with Crippen LogP contribution in [0, 0.1) is 5.92 Å². The van der Waals surface area contributed by atoms with E-state index in [4.69, 9.17) is 0 Å². The highest BCUT2D eigenvalue weighted by Crippen LogP contribution is 2.42. The molecule has 1 aromatic heterocycles. The van der Waals surface area contributed by atoms with Crippen molar-refractivity contribution in [3.8, 4) is 0 Å². The largest absolute Gasteiger partial charge is 0.370 e. The third kappa shape index (κ3) is 5.51. The maximum Gasteiger partial charge on any atom is 0.251 e. The van der Waals surface area contributed by atoms with Crippen molar-refractivity contribution in [1.82, 2.24) is 20.6 Å². The molecule has 2 fully saturated rings. The highest BCUT2D eigenvalue weighted by molar-refractivity contribution is 5.94. The normalized spacial score (nSPS) is 15.6. The number of amides is 2. The minimum atomic E-state index is -0.119. The van der Waals surface area contributed by atoms with Crippen LogP contribution < -0.4 is 21.3 Å². The Kier molecular flexibility index (Phi) is 6.64. The number of aromatic nitrogens is 2. The average molecular weight is 423 g/mol. The molecule has 0 bridgehead atoms. The summed E-state index contributed by atoms with van der Waals surface area (Å²) in [4.78, 5) is 32.8. The van der Waals surface area contributed by atoms with Gasteiger partial charge >= 0.3 is 0 Å². The molecule has 8 nitrogen and oxygen atoms in total. The van der Waals surface area contributed by atoms with E-state index in [1.807, 2.05) is 18.3 Å². The molecule has 2 aromatic rings. The number of benzene rings is 1. The van der Waals surface area contributed by atoms with E-state index in [9.17, 15) is 9.59 Å². The molecule has 2 aliphatic rings. The monoisotopic (exact) mass is 422 g/mol. The van der Waals surface area contributed by atoms with Gasteiger partial charge in [-0.2, -0.15) is 4.98 Å². The fraction of sp³-hybridized carbons (Fsp3) is 0.478. The molecule has 2 aliphatic carbocycles.